The number of hydrogen-bond donors (Lipinski definition) is 0. The summed E-state index contributed by atoms with van der Waals surface area (Å²) in [4.78, 5) is 22.5. The van der Waals surface area contributed by atoms with Gasteiger partial charge < -0.3 is 4.90 Å². The van der Waals surface area contributed by atoms with Crippen LogP contribution in [0.2, 0.25) is 5.02 Å². The van der Waals surface area contributed by atoms with Crippen molar-refractivity contribution < 1.29 is 4.79 Å². The molecule has 1 aliphatic rings. The minimum atomic E-state index is -0.384. The molecule has 1 aromatic heterocycles. The van der Waals surface area contributed by atoms with Gasteiger partial charge >= 0.3 is 0 Å². The molecule has 106 valence electrons. The lowest BCUT2D eigenvalue weighted by molar-refractivity contribution is 0.0664. The highest BCUT2D eigenvalue weighted by atomic mass is 35.5. The predicted molar refractivity (Wildman–Crippen MR) is 75.4 cm³/mol. The van der Waals surface area contributed by atoms with E-state index in [9.17, 15) is 4.79 Å². The van der Waals surface area contributed by atoms with Crippen molar-refractivity contribution in [1.82, 2.24) is 14.9 Å². The van der Waals surface area contributed by atoms with E-state index in [1.165, 1.54) is 6.20 Å². The summed E-state index contributed by atoms with van der Waals surface area (Å²) in [6.45, 7) is 4.49. The van der Waals surface area contributed by atoms with Crippen LogP contribution < -0.4 is 0 Å². The summed E-state index contributed by atoms with van der Waals surface area (Å²) in [5.74, 6) is 0.431. The molecule has 2 heterocycles. The van der Waals surface area contributed by atoms with Gasteiger partial charge in [0, 0.05) is 12.5 Å². The fourth-order valence-electron chi connectivity index (χ4n) is 2.25. The summed E-state index contributed by atoms with van der Waals surface area (Å²) in [5, 5.41) is 9.40. The van der Waals surface area contributed by atoms with Crippen molar-refractivity contribution in [3.8, 4) is 6.07 Å². The van der Waals surface area contributed by atoms with E-state index in [2.05, 4.69) is 16.0 Å². The molecule has 6 heteroatoms. The molecule has 1 atom stereocenters. The van der Waals surface area contributed by atoms with Gasteiger partial charge in [0.15, 0.2) is 5.69 Å². The van der Waals surface area contributed by atoms with E-state index in [4.69, 9.17) is 16.9 Å². The quantitative estimate of drug-likeness (QED) is 0.840. The number of nitriles is 1. The zero-order valence-corrected chi connectivity index (χ0v) is 12.4. The largest absolute Gasteiger partial charge is 0.321 e. The van der Waals surface area contributed by atoms with Gasteiger partial charge in [0.05, 0.1) is 17.3 Å². The van der Waals surface area contributed by atoms with Crippen LogP contribution in [0, 0.1) is 11.3 Å². The van der Waals surface area contributed by atoms with E-state index in [-0.39, 0.29) is 28.6 Å². The van der Waals surface area contributed by atoms with E-state index < -0.39 is 0 Å². The third-order valence-corrected chi connectivity index (χ3v) is 3.67. The Morgan fingerprint density at radius 3 is 2.95 bits per heavy atom. The van der Waals surface area contributed by atoms with Crippen LogP contribution in [0.15, 0.2) is 6.20 Å². The zero-order chi connectivity index (χ0) is 14.7. The van der Waals surface area contributed by atoms with Gasteiger partial charge in [-0.05, 0) is 19.3 Å². The number of rotatable bonds is 2. The Kier molecular flexibility index (Phi) is 4.56. The van der Waals surface area contributed by atoms with Gasteiger partial charge in [-0.25, -0.2) is 9.97 Å². The van der Waals surface area contributed by atoms with Crippen LogP contribution in [0.1, 0.15) is 55.3 Å². The molecule has 0 bridgehead atoms. The van der Waals surface area contributed by atoms with Crippen molar-refractivity contribution >= 4 is 17.5 Å². The zero-order valence-electron chi connectivity index (χ0n) is 11.6. The summed E-state index contributed by atoms with van der Waals surface area (Å²) in [5.41, 5.74) is 0.201. The molecule has 20 heavy (non-hydrogen) atoms. The van der Waals surface area contributed by atoms with Crippen LogP contribution in [-0.2, 0) is 0 Å². The molecule has 1 saturated heterocycles. The lowest BCUT2D eigenvalue weighted by atomic mass is 10.0. The van der Waals surface area contributed by atoms with Crippen LogP contribution in [0.4, 0.5) is 0 Å². The van der Waals surface area contributed by atoms with E-state index >= 15 is 0 Å². The first-order chi connectivity index (χ1) is 9.54. The lowest BCUT2D eigenvalue weighted by Crippen LogP contribution is -2.43. The van der Waals surface area contributed by atoms with Crippen LogP contribution in [0.5, 0.6) is 0 Å². The minimum absolute atomic E-state index is 0.118. The smallest absolute Gasteiger partial charge is 0.275 e. The van der Waals surface area contributed by atoms with Gasteiger partial charge in [-0.2, -0.15) is 5.26 Å². The first kappa shape index (κ1) is 14.7. The number of likely N-dealkylation sites (tertiary alicyclic amines) is 1. The number of hydrogen-bond acceptors (Lipinski definition) is 4. The molecule has 1 amide bonds. The number of carbonyl (C=O) groups is 1. The third kappa shape index (κ3) is 2.91. The normalized spacial score (nSPS) is 18.9. The average molecular weight is 293 g/mol. The molecule has 1 aliphatic heterocycles. The first-order valence-electron chi connectivity index (χ1n) is 6.77. The summed E-state index contributed by atoms with van der Waals surface area (Å²) in [6.07, 6.45) is 4.05. The third-order valence-electron chi connectivity index (χ3n) is 3.39. The highest BCUT2D eigenvalue weighted by Crippen LogP contribution is 2.22. The van der Waals surface area contributed by atoms with Gasteiger partial charge in [-0.15, -0.1) is 0 Å². The summed E-state index contributed by atoms with van der Waals surface area (Å²) in [6, 6.07) is 1.80. The van der Waals surface area contributed by atoms with Gasteiger partial charge in [-0.3, -0.25) is 4.79 Å². The number of aromatic nitrogens is 2. The van der Waals surface area contributed by atoms with Crippen LogP contribution in [0.25, 0.3) is 0 Å². The summed E-state index contributed by atoms with van der Waals surface area (Å²) >= 11 is 6.05. The van der Waals surface area contributed by atoms with E-state index in [0.29, 0.717) is 18.8 Å². The lowest BCUT2D eigenvalue weighted by Gasteiger charge is -2.31. The fraction of sp³-hybridized carbons (Fsp3) is 0.571. The van der Waals surface area contributed by atoms with Crippen molar-refractivity contribution in [2.24, 2.45) is 0 Å². The van der Waals surface area contributed by atoms with Crippen molar-refractivity contribution in [2.75, 3.05) is 6.54 Å². The van der Waals surface area contributed by atoms with Crippen molar-refractivity contribution in [2.45, 2.75) is 45.1 Å². The molecule has 0 spiro atoms. The van der Waals surface area contributed by atoms with Gasteiger partial charge in [0.2, 0.25) is 0 Å². The average Bonchev–Trinajstić information content (AvgIpc) is 2.46. The van der Waals surface area contributed by atoms with Crippen molar-refractivity contribution in [3.63, 3.8) is 0 Å². The summed E-state index contributed by atoms with van der Waals surface area (Å²) < 4.78 is 0. The Morgan fingerprint density at radius 2 is 2.30 bits per heavy atom. The Labute approximate surface area is 123 Å². The maximum atomic E-state index is 12.6. The van der Waals surface area contributed by atoms with E-state index in [1.54, 1.807) is 4.90 Å². The second-order valence-corrected chi connectivity index (χ2v) is 5.63. The Bertz CT molecular complexity index is 553. The molecular formula is C14H17ClN4O. The molecule has 0 saturated carbocycles. The SMILES string of the molecule is CC(C)c1ncc(Cl)c(C(=O)N2CCCCC2C#N)n1. The number of amides is 1. The maximum absolute atomic E-state index is 12.6. The first-order valence-corrected chi connectivity index (χ1v) is 7.15. The molecular weight excluding hydrogens is 276 g/mol. The predicted octanol–water partition coefficient (Wildman–Crippen LogP) is 2.77. The second-order valence-electron chi connectivity index (χ2n) is 5.22. The van der Waals surface area contributed by atoms with E-state index in [0.717, 1.165) is 12.8 Å². The van der Waals surface area contributed by atoms with Crippen LogP contribution in [0.3, 0.4) is 0 Å². The number of carbonyl (C=O) groups excluding carboxylic acids is 1. The minimum Gasteiger partial charge on any atom is -0.321 e. The second kappa shape index (κ2) is 6.19. The van der Waals surface area contributed by atoms with Gasteiger partial charge in [0.25, 0.3) is 5.91 Å². The number of piperidine rings is 1. The van der Waals surface area contributed by atoms with Gasteiger partial charge in [0.1, 0.15) is 11.9 Å². The molecule has 1 aromatic rings. The summed E-state index contributed by atoms with van der Waals surface area (Å²) in [7, 11) is 0. The van der Waals surface area contributed by atoms with Crippen molar-refractivity contribution in [1.29, 1.82) is 5.26 Å². The Hall–Kier alpha value is -1.67. The molecule has 1 fully saturated rings. The standard InChI is InChI=1S/C14H17ClN4O/c1-9(2)13-17-8-11(15)12(18-13)14(20)19-6-4-3-5-10(19)7-16/h8-10H,3-6H2,1-2H3. The number of nitrogens with zero attached hydrogens (tertiary/aromatic N) is 4. The maximum Gasteiger partial charge on any atom is 0.275 e. The van der Waals surface area contributed by atoms with Crippen LogP contribution in [-0.4, -0.2) is 33.4 Å². The highest BCUT2D eigenvalue weighted by molar-refractivity contribution is 6.33. The Morgan fingerprint density at radius 1 is 1.55 bits per heavy atom. The molecule has 0 radical (unpaired) electrons. The van der Waals surface area contributed by atoms with Crippen molar-refractivity contribution in [3.05, 3.63) is 22.7 Å². The van der Waals surface area contributed by atoms with Crippen LogP contribution >= 0.6 is 11.6 Å². The molecule has 2 rings (SSSR count). The van der Waals surface area contributed by atoms with E-state index in [1.807, 2.05) is 13.8 Å². The molecule has 0 aromatic carbocycles. The molecule has 5 nitrogen and oxygen atoms in total. The van der Waals surface area contributed by atoms with Gasteiger partial charge in [-0.1, -0.05) is 25.4 Å². The Balaban J connectivity index is 2.32. The highest BCUT2D eigenvalue weighted by Gasteiger charge is 2.29. The number of halogens is 1. The monoisotopic (exact) mass is 292 g/mol. The topological polar surface area (TPSA) is 69.9 Å². The molecule has 1 unspecified atom stereocenters. The molecule has 0 aliphatic carbocycles. The fourth-order valence-corrected chi connectivity index (χ4v) is 2.43. The molecule has 0 N–H and O–H groups in total.